The van der Waals surface area contributed by atoms with Gasteiger partial charge in [-0.15, -0.1) is 0 Å². The first-order chi connectivity index (χ1) is 22.7. The van der Waals surface area contributed by atoms with Crippen LogP contribution in [-0.4, -0.2) is 82.3 Å². The van der Waals surface area contributed by atoms with Crippen LogP contribution in [-0.2, 0) is 11.3 Å². The Morgan fingerprint density at radius 2 is 1.91 bits per heavy atom. The Hall–Kier alpha value is -5.24. The summed E-state index contributed by atoms with van der Waals surface area (Å²) >= 11 is 6.45. The second kappa shape index (κ2) is 11.2. The Morgan fingerprint density at radius 3 is 2.77 bits per heavy atom. The third-order valence-electron chi connectivity index (χ3n) is 8.82. The molecule has 0 saturated carbocycles. The normalized spacial score (nSPS) is 18.4. The molecule has 12 nitrogen and oxygen atoms in total. The van der Waals surface area contributed by atoms with Crippen molar-refractivity contribution < 1.29 is 13.6 Å². The van der Waals surface area contributed by atoms with Crippen molar-refractivity contribution in [3.8, 4) is 17.1 Å². The van der Waals surface area contributed by atoms with Gasteiger partial charge in [0.05, 0.1) is 28.3 Å². The van der Waals surface area contributed by atoms with Gasteiger partial charge in [0.1, 0.15) is 40.7 Å². The molecule has 4 bridgehead atoms. The third kappa shape index (κ3) is 4.99. The Bertz CT molecular complexity index is 2200. The van der Waals surface area contributed by atoms with Crippen molar-refractivity contribution in [2.45, 2.75) is 38.4 Å². The summed E-state index contributed by atoms with van der Waals surface area (Å²) in [6.45, 7) is 3.49. The number of hydrogen-bond acceptors (Lipinski definition) is 9. The van der Waals surface area contributed by atoms with Crippen molar-refractivity contribution in [1.82, 2.24) is 44.2 Å². The van der Waals surface area contributed by atoms with Crippen LogP contribution < -0.4 is 10.2 Å². The van der Waals surface area contributed by atoms with Crippen LogP contribution in [0, 0.1) is 18.6 Å². The topological polar surface area (TPSA) is 123 Å². The monoisotopic (exact) mass is 655 g/mol. The first-order valence-electron chi connectivity index (χ1n) is 15.2. The van der Waals surface area contributed by atoms with Crippen molar-refractivity contribution in [3.05, 3.63) is 77.6 Å². The lowest BCUT2D eigenvalue weighted by atomic mass is 10.1. The van der Waals surface area contributed by atoms with Crippen LogP contribution in [0.3, 0.4) is 0 Å². The van der Waals surface area contributed by atoms with E-state index in [1.807, 2.05) is 36.1 Å². The lowest BCUT2D eigenvalue weighted by Crippen LogP contribution is -2.45. The fraction of sp³-hybridized carbons (Fsp3) is 0.281. The summed E-state index contributed by atoms with van der Waals surface area (Å²) in [7, 11) is 1.80. The van der Waals surface area contributed by atoms with Crippen LogP contribution in [0.15, 0.2) is 54.9 Å². The Morgan fingerprint density at radius 1 is 1.04 bits per heavy atom. The number of fused-ring (bicyclic) bond motifs is 6. The number of aryl methyl sites for hydroxylation is 2. The zero-order valence-electron chi connectivity index (χ0n) is 25.4. The molecular weight excluding hydrogens is 628 g/mol. The second-order valence-electron chi connectivity index (χ2n) is 11.8. The van der Waals surface area contributed by atoms with Gasteiger partial charge >= 0.3 is 0 Å². The molecule has 47 heavy (non-hydrogen) atoms. The number of halogens is 3. The van der Waals surface area contributed by atoms with Crippen molar-refractivity contribution in [2.24, 2.45) is 0 Å². The van der Waals surface area contributed by atoms with E-state index in [4.69, 9.17) is 26.6 Å². The summed E-state index contributed by atoms with van der Waals surface area (Å²) in [6, 6.07) is 10.0. The molecule has 0 unspecified atom stereocenters. The van der Waals surface area contributed by atoms with E-state index in [9.17, 15) is 13.6 Å². The quantitative estimate of drug-likeness (QED) is 0.263. The van der Waals surface area contributed by atoms with Gasteiger partial charge in [0.15, 0.2) is 11.5 Å². The third-order valence-corrected chi connectivity index (χ3v) is 8.99. The fourth-order valence-electron chi connectivity index (χ4n) is 6.67. The van der Waals surface area contributed by atoms with Crippen LogP contribution in [0.2, 0.25) is 5.28 Å². The number of nitrogens with zero attached hydrogens (tertiary/aromatic N) is 10. The number of amides is 1. The number of aromatic nitrogens is 8. The summed E-state index contributed by atoms with van der Waals surface area (Å²) in [6.07, 6.45) is 4.39. The number of likely N-dealkylation sites (N-methyl/N-ethyl adjacent to an activating group) is 1. The first kappa shape index (κ1) is 29.2. The van der Waals surface area contributed by atoms with Crippen molar-refractivity contribution in [2.75, 3.05) is 30.4 Å². The maximum Gasteiger partial charge on any atom is 0.245 e. The lowest BCUT2D eigenvalue weighted by molar-refractivity contribution is -0.131. The molecule has 0 aliphatic carbocycles. The molecule has 6 aromatic rings. The zero-order chi connectivity index (χ0) is 32.4. The van der Waals surface area contributed by atoms with Gasteiger partial charge in [-0.2, -0.15) is 15.1 Å². The van der Waals surface area contributed by atoms with Crippen molar-refractivity contribution >= 4 is 51.2 Å². The number of carbonyl (C=O) groups is 1. The zero-order valence-corrected chi connectivity index (χ0v) is 26.2. The van der Waals surface area contributed by atoms with E-state index >= 15 is 0 Å². The Labute approximate surface area is 272 Å². The van der Waals surface area contributed by atoms with E-state index in [1.54, 1.807) is 18.1 Å². The molecule has 238 valence electrons. The maximum atomic E-state index is 14.8. The molecule has 2 aliphatic heterocycles. The SMILES string of the molecule is Cc1nc2ccnc3c2n1CCCN(C)C(=O)[C@@H]1C[C@@H](CN1c1nc(Cl)nc2c1cnn2-c1ccc(F)cc1F)Nc1cccc-3n1. The van der Waals surface area contributed by atoms with Gasteiger partial charge in [0.25, 0.3) is 0 Å². The number of rotatable bonds is 2. The minimum absolute atomic E-state index is 0.00399. The molecule has 2 aliphatic rings. The number of hydrogen-bond donors (Lipinski definition) is 1. The molecule has 7 heterocycles. The fourth-order valence-corrected chi connectivity index (χ4v) is 6.83. The minimum atomic E-state index is -0.807. The predicted molar refractivity (Wildman–Crippen MR) is 172 cm³/mol. The molecule has 1 N–H and O–H groups in total. The van der Waals surface area contributed by atoms with Crippen molar-refractivity contribution in [1.29, 1.82) is 0 Å². The number of anilines is 2. The summed E-state index contributed by atoms with van der Waals surface area (Å²) < 4.78 is 31.9. The molecule has 0 spiro atoms. The highest BCUT2D eigenvalue weighted by atomic mass is 35.5. The van der Waals surface area contributed by atoms with E-state index in [1.165, 1.54) is 16.9 Å². The highest BCUT2D eigenvalue weighted by Crippen LogP contribution is 2.35. The molecule has 8 rings (SSSR count). The smallest absolute Gasteiger partial charge is 0.245 e. The van der Waals surface area contributed by atoms with Crippen LogP contribution >= 0.6 is 11.6 Å². The van der Waals surface area contributed by atoms with Gasteiger partial charge in [0.2, 0.25) is 11.2 Å². The van der Waals surface area contributed by atoms with Gasteiger partial charge in [-0.05, 0) is 61.7 Å². The van der Waals surface area contributed by atoms with E-state index in [-0.39, 0.29) is 28.6 Å². The molecule has 2 atom stereocenters. The number of nitrogens with one attached hydrogen (secondary N) is 1. The molecule has 1 fully saturated rings. The van der Waals surface area contributed by atoms with Crippen LogP contribution in [0.1, 0.15) is 18.7 Å². The van der Waals surface area contributed by atoms with Crippen molar-refractivity contribution in [3.63, 3.8) is 0 Å². The molecular formula is C32H28ClF2N11O. The first-order valence-corrected chi connectivity index (χ1v) is 15.6. The highest BCUT2D eigenvalue weighted by Gasteiger charge is 2.40. The number of pyridine rings is 2. The average Bonchev–Trinajstić information content (AvgIpc) is 3.75. The molecule has 1 amide bonds. The van der Waals surface area contributed by atoms with Gasteiger partial charge in [0, 0.05) is 45.0 Å². The maximum absolute atomic E-state index is 14.8. The van der Waals surface area contributed by atoms with E-state index < -0.39 is 17.7 Å². The van der Waals surface area contributed by atoms with Crippen LogP contribution in [0.4, 0.5) is 20.4 Å². The van der Waals surface area contributed by atoms with Gasteiger partial charge < -0.3 is 19.7 Å². The molecule has 0 radical (unpaired) electrons. The van der Waals surface area contributed by atoms with Gasteiger partial charge in [-0.1, -0.05) is 6.07 Å². The van der Waals surface area contributed by atoms with E-state index in [0.29, 0.717) is 55.2 Å². The van der Waals surface area contributed by atoms with Gasteiger partial charge in [-0.25, -0.2) is 23.4 Å². The van der Waals surface area contributed by atoms with E-state index in [2.05, 4.69) is 25.0 Å². The Balaban J connectivity index is 1.21. The standard InChI is InChI=1S/C32H28ClF2N11O/c1-17-38-23-9-10-36-27-22-5-3-6-26(40-22)39-19-14-25(31(47)43(2)11-4-12-44(17)28(23)27)45(16-19)29-20-15-37-46(30(20)42-32(33)41-29)24-8-7-18(34)13-21(24)35/h3,5-10,13,15,19,25H,4,11-12,14,16H2,1-2H3,(H,39,40)/t19-,25-/m0/s1. The summed E-state index contributed by atoms with van der Waals surface area (Å²) in [4.78, 5) is 41.1. The Kier molecular flexibility index (Phi) is 6.97. The lowest BCUT2D eigenvalue weighted by Gasteiger charge is -2.29. The highest BCUT2D eigenvalue weighted by molar-refractivity contribution is 6.28. The summed E-state index contributed by atoms with van der Waals surface area (Å²) in [5, 5.41) is 8.25. The van der Waals surface area contributed by atoms with Crippen LogP contribution in [0.5, 0.6) is 0 Å². The molecule has 1 aromatic carbocycles. The van der Waals surface area contributed by atoms with Crippen LogP contribution in [0.25, 0.3) is 39.1 Å². The molecule has 1 saturated heterocycles. The number of benzene rings is 1. The van der Waals surface area contributed by atoms with E-state index in [0.717, 1.165) is 34.7 Å². The predicted octanol–water partition coefficient (Wildman–Crippen LogP) is 4.78. The molecule has 15 heteroatoms. The average molecular weight is 656 g/mol. The minimum Gasteiger partial charge on any atom is -0.365 e. The summed E-state index contributed by atoms with van der Waals surface area (Å²) in [5.41, 5.74) is 3.44. The summed E-state index contributed by atoms with van der Waals surface area (Å²) in [5.74, 6) is 0.284. The largest absolute Gasteiger partial charge is 0.365 e. The second-order valence-corrected chi connectivity index (χ2v) is 12.1. The molecule has 5 aromatic heterocycles. The van der Waals surface area contributed by atoms with Gasteiger partial charge in [-0.3, -0.25) is 9.78 Å². The number of carbonyl (C=O) groups excluding carboxylic acids is 1. The number of imidazole rings is 1.